The summed E-state index contributed by atoms with van der Waals surface area (Å²) in [5, 5.41) is 3.18. The number of rotatable bonds is 5. The van der Waals surface area contributed by atoms with E-state index in [4.69, 9.17) is 0 Å². The second kappa shape index (κ2) is 8.65. The Morgan fingerprint density at radius 1 is 1.08 bits per heavy atom. The fourth-order valence-electron chi connectivity index (χ4n) is 3.52. The molecule has 4 heteroatoms. The number of carbonyl (C=O) groups excluding carboxylic acids is 1. The van der Waals surface area contributed by atoms with Gasteiger partial charge in [-0.25, -0.2) is 0 Å². The Bertz CT molecular complexity index is 679. The first-order chi connectivity index (χ1) is 12.3. The van der Waals surface area contributed by atoms with Crippen molar-refractivity contribution in [3.8, 4) is 0 Å². The minimum absolute atomic E-state index is 0.0575. The summed E-state index contributed by atoms with van der Waals surface area (Å²) in [5.74, 6) is -0.0575. The normalized spacial score (nSPS) is 15.4. The predicted octanol–water partition coefficient (Wildman–Crippen LogP) is 4.69. The fraction of sp³-hybridized carbons (Fsp3) is 0.429. The van der Waals surface area contributed by atoms with Crippen LogP contribution in [0, 0.1) is 0 Å². The number of anilines is 2. The molecule has 25 heavy (non-hydrogen) atoms. The third-order valence-electron chi connectivity index (χ3n) is 4.86. The molecule has 0 radical (unpaired) electrons. The standard InChI is InChI=1S/C21H27N3O/c1-2-24(18-12-8-5-9-13-18)19-14-15-22-20(16-19)21(25)23-17-10-6-3-4-7-11-17/h5,8-9,12-17H,2-4,6-7,10-11H2,1H3,(H,23,25). The number of benzene rings is 1. The minimum atomic E-state index is -0.0575. The van der Waals surface area contributed by atoms with Crippen molar-refractivity contribution < 1.29 is 4.79 Å². The Hall–Kier alpha value is -2.36. The largest absolute Gasteiger partial charge is 0.348 e. The molecule has 1 heterocycles. The van der Waals surface area contributed by atoms with E-state index < -0.39 is 0 Å². The highest BCUT2D eigenvalue weighted by molar-refractivity contribution is 5.93. The summed E-state index contributed by atoms with van der Waals surface area (Å²) in [7, 11) is 0. The topological polar surface area (TPSA) is 45.2 Å². The third kappa shape index (κ3) is 4.59. The van der Waals surface area contributed by atoms with Gasteiger partial charge >= 0.3 is 0 Å². The van der Waals surface area contributed by atoms with E-state index in [1.165, 1.54) is 25.7 Å². The van der Waals surface area contributed by atoms with Gasteiger partial charge in [0.1, 0.15) is 5.69 Å². The van der Waals surface area contributed by atoms with Crippen molar-refractivity contribution in [3.05, 3.63) is 54.4 Å². The van der Waals surface area contributed by atoms with Crippen molar-refractivity contribution >= 4 is 17.3 Å². The minimum Gasteiger partial charge on any atom is -0.348 e. The Kier molecular flexibility index (Phi) is 6.04. The van der Waals surface area contributed by atoms with Gasteiger partial charge in [-0.1, -0.05) is 43.9 Å². The molecule has 0 saturated heterocycles. The van der Waals surface area contributed by atoms with Crippen LogP contribution in [0.2, 0.25) is 0 Å². The van der Waals surface area contributed by atoms with Gasteiger partial charge in [-0.05, 0) is 44.0 Å². The number of carbonyl (C=O) groups is 1. The van der Waals surface area contributed by atoms with Crippen molar-refractivity contribution in [3.63, 3.8) is 0 Å². The number of pyridine rings is 1. The molecule has 0 bridgehead atoms. The first kappa shape index (κ1) is 17.5. The molecule has 4 nitrogen and oxygen atoms in total. The lowest BCUT2D eigenvalue weighted by Gasteiger charge is -2.23. The third-order valence-corrected chi connectivity index (χ3v) is 4.86. The van der Waals surface area contributed by atoms with Crippen molar-refractivity contribution in [2.45, 2.75) is 51.5 Å². The van der Waals surface area contributed by atoms with Crippen LogP contribution in [0.25, 0.3) is 0 Å². The Labute approximate surface area is 150 Å². The monoisotopic (exact) mass is 337 g/mol. The zero-order valence-electron chi connectivity index (χ0n) is 14.9. The zero-order valence-corrected chi connectivity index (χ0v) is 14.9. The maximum absolute atomic E-state index is 12.6. The average Bonchev–Trinajstić information content (AvgIpc) is 2.92. The van der Waals surface area contributed by atoms with Crippen molar-refractivity contribution in [1.29, 1.82) is 0 Å². The molecule has 0 atom stereocenters. The van der Waals surface area contributed by atoms with Crippen LogP contribution in [0.3, 0.4) is 0 Å². The smallest absolute Gasteiger partial charge is 0.270 e. The number of para-hydroxylation sites is 1. The van der Waals surface area contributed by atoms with Crippen LogP contribution in [0.15, 0.2) is 48.7 Å². The summed E-state index contributed by atoms with van der Waals surface area (Å²) in [4.78, 5) is 19.1. The highest BCUT2D eigenvalue weighted by atomic mass is 16.1. The van der Waals surface area contributed by atoms with Crippen LogP contribution >= 0.6 is 0 Å². The van der Waals surface area contributed by atoms with Gasteiger partial charge in [0.2, 0.25) is 0 Å². The number of aromatic nitrogens is 1. The Morgan fingerprint density at radius 3 is 2.48 bits per heavy atom. The molecular weight excluding hydrogens is 310 g/mol. The summed E-state index contributed by atoms with van der Waals surface area (Å²) in [6.07, 6.45) is 8.85. The molecule has 2 aromatic rings. The Balaban J connectivity index is 1.75. The summed E-state index contributed by atoms with van der Waals surface area (Å²) < 4.78 is 0. The second-order valence-electron chi connectivity index (χ2n) is 6.64. The highest BCUT2D eigenvalue weighted by Gasteiger charge is 2.17. The number of amides is 1. The van der Waals surface area contributed by atoms with Gasteiger partial charge < -0.3 is 10.2 Å². The molecule has 1 aliphatic rings. The summed E-state index contributed by atoms with van der Waals surface area (Å²) in [6.45, 7) is 2.94. The number of hydrogen-bond acceptors (Lipinski definition) is 3. The second-order valence-corrected chi connectivity index (χ2v) is 6.64. The number of hydrogen-bond donors (Lipinski definition) is 1. The van der Waals surface area contributed by atoms with Gasteiger partial charge in [0.05, 0.1) is 0 Å². The van der Waals surface area contributed by atoms with E-state index in [1.54, 1.807) is 6.20 Å². The van der Waals surface area contributed by atoms with Gasteiger partial charge in [-0.2, -0.15) is 0 Å². The van der Waals surface area contributed by atoms with E-state index in [-0.39, 0.29) is 11.9 Å². The van der Waals surface area contributed by atoms with Crippen LogP contribution in [0.5, 0.6) is 0 Å². The van der Waals surface area contributed by atoms with Crippen molar-refractivity contribution in [1.82, 2.24) is 10.3 Å². The van der Waals surface area contributed by atoms with Gasteiger partial charge in [0, 0.05) is 30.2 Å². The maximum Gasteiger partial charge on any atom is 0.270 e. The van der Waals surface area contributed by atoms with Gasteiger partial charge in [0.15, 0.2) is 0 Å². The molecule has 0 aliphatic heterocycles. The van der Waals surface area contributed by atoms with Gasteiger partial charge in [-0.3, -0.25) is 9.78 Å². The van der Waals surface area contributed by atoms with Crippen LogP contribution in [-0.4, -0.2) is 23.5 Å². The molecule has 1 aromatic carbocycles. The summed E-state index contributed by atoms with van der Waals surface area (Å²) in [6, 6.07) is 14.4. The fourth-order valence-corrected chi connectivity index (χ4v) is 3.52. The van der Waals surface area contributed by atoms with Gasteiger partial charge in [-0.15, -0.1) is 0 Å². The molecule has 0 spiro atoms. The molecular formula is C21H27N3O. The lowest BCUT2D eigenvalue weighted by Crippen LogP contribution is -2.35. The quantitative estimate of drug-likeness (QED) is 0.805. The zero-order chi connectivity index (χ0) is 17.5. The Morgan fingerprint density at radius 2 is 1.80 bits per heavy atom. The van der Waals surface area contributed by atoms with Crippen LogP contribution in [0.1, 0.15) is 55.9 Å². The van der Waals surface area contributed by atoms with Crippen LogP contribution < -0.4 is 10.2 Å². The van der Waals surface area contributed by atoms with Crippen LogP contribution in [0.4, 0.5) is 11.4 Å². The highest BCUT2D eigenvalue weighted by Crippen LogP contribution is 2.25. The first-order valence-electron chi connectivity index (χ1n) is 9.37. The molecule has 1 aliphatic carbocycles. The molecule has 1 fully saturated rings. The molecule has 132 valence electrons. The maximum atomic E-state index is 12.6. The number of nitrogens with one attached hydrogen (secondary N) is 1. The van der Waals surface area contributed by atoms with Crippen molar-refractivity contribution in [2.24, 2.45) is 0 Å². The van der Waals surface area contributed by atoms with E-state index in [2.05, 4.69) is 34.3 Å². The van der Waals surface area contributed by atoms with E-state index in [0.717, 1.165) is 30.8 Å². The molecule has 0 unspecified atom stereocenters. The molecule has 3 rings (SSSR count). The molecule has 1 saturated carbocycles. The lowest BCUT2D eigenvalue weighted by atomic mass is 10.1. The lowest BCUT2D eigenvalue weighted by molar-refractivity contribution is 0.0928. The van der Waals surface area contributed by atoms with E-state index in [9.17, 15) is 4.79 Å². The molecule has 1 aromatic heterocycles. The number of nitrogens with zero attached hydrogens (tertiary/aromatic N) is 2. The predicted molar refractivity (Wildman–Crippen MR) is 102 cm³/mol. The average molecular weight is 337 g/mol. The van der Waals surface area contributed by atoms with Crippen LogP contribution in [-0.2, 0) is 0 Å². The van der Waals surface area contributed by atoms with Gasteiger partial charge in [0.25, 0.3) is 5.91 Å². The molecule has 1 N–H and O–H groups in total. The summed E-state index contributed by atoms with van der Waals surface area (Å²) >= 11 is 0. The van der Waals surface area contributed by atoms with Crippen molar-refractivity contribution in [2.75, 3.05) is 11.4 Å². The molecule has 1 amide bonds. The van der Waals surface area contributed by atoms with E-state index in [0.29, 0.717) is 5.69 Å². The van der Waals surface area contributed by atoms with E-state index in [1.807, 2.05) is 30.3 Å². The summed E-state index contributed by atoms with van der Waals surface area (Å²) in [5.41, 5.74) is 2.61. The van der Waals surface area contributed by atoms with E-state index >= 15 is 0 Å². The first-order valence-corrected chi connectivity index (χ1v) is 9.37. The SMILES string of the molecule is CCN(c1ccccc1)c1ccnc(C(=O)NC2CCCCCC2)c1.